The summed E-state index contributed by atoms with van der Waals surface area (Å²) in [7, 11) is 0. The molecule has 74 valence electrons. The second kappa shape index (κ2) is 4.94. The SMILES string of the molecule is Br.Br.CC(C)N1CC2CC1CN2. The molecule has 0 aromatic heterocycles. The highest BCUT2D eigenvalue weighted by molar-refractivity contribution is 8.93. The van der Waals surface area contributed by atoms with Crippen LogP contribution in [-0.4, -0.2) is 36.1 Å². The van der Waals surface area contributed by atoms with Crippen LogP contribution in [0, 0.1) is 0 Å². The topological polar surface area (TPSA) is 15.3 Å². The molecule has 0 spiro atoms. The summed E-state index contributed by atoms with van der Waals surface area (Å²) in [4.78, 5) is 2.61. The van der Waals surface area contributed by atoms with Crippen molar-refractivity contribution in [2.45, 2.75) is 38.4 Å². The minimum atomic E-state index is 0. The van der Waals surface area contributed by atoms with Crippen LogP contribution in [0.5, 0.6) is 0 Å². The lowest BCUT2D eigenvalue weighted by molar-refractivity contribution is 0.181. The van der Waals surface area contributed by atoms with Crippen molar-refractivity contribution in [2.75, 3.05) is 13.1 Å². The highest BCUT2D eigenvalue weighted by atomic mass is 79.9. The van der Waals surface area contributed by atoms with Crippen molar-refractivity contribution in [3.05, 3.63) is 0 Å². The van der Waals surface area contributed by atoms with Crippen LogP contribution in [-0.2, 0) is 0 Å². The van der Waals surface area contributed by atoms with E-state index in [1.165, 1.54) is 19.5 Å². The number of nitrogens with one attached hydrogen (secondary N) is 1. The Morgan fingerprint density at radius 1 is 1.33 bits per heavy atom. The van der Waals surface area contributed by atoms with Crippen LogP contribution in [0.2, 0.25) is 0 Å². The molecular formula is C8H18Br2N2. The Hall–Kier alpha value is 0.880. The highest BCUT2D eigenvalue weighted by Gasteiger charge is 2.38. The third kappa shape index (κ3) is 2.22. The van der Waals surface area contributed by atoms with Gasteiger partial charge in [-0.3, -0.25) is 4.90 Å². The van der Waals surface area contributed by atoms with E-state index in [9.17, 15) is 0 Å². The summed E-state index contributed by atoms with van der Waals surface area (Å²) < 4.78 is 0. The number of likely N-dealkylation sites (tertiary alicyclic amines) is 1. The fourth-order valence-electron chi connectivity index (χ4n) is 2.23. The molecule has 2 unspecified atom stereocenters. The van der Waals surface area contributed by atoms with Crippen molar-refractivity contribution in [1.29, 1.82) is 0 Å². The highest BCUT2D eigenvalue weighted by Crippen LogP contribution is 2.24. The fraction of sp³-hybridized carbons (Fsp3) is 1.00. The molecule has 2 aliphatic rings. The molecule has 2 saturated heterocycles. The van der Waals surface area contributed by atoms with Gasteiger partial charge in [0, 0.05) is 31.2 Å². The predicted molar refractivity (Wildman–Crippen MR) is 62.7 cm³/mol. The Kier molecular flexibility index (Phi) is 5.30. The first-order valence-electron chi connectivity index (χ1n) is 4.26. The third-order valence-electron chi connectivity index (χ3n) is 2.76. The summed E-state index contributed by atoms with van der Waals surface area (Å²) in [6.07, 6.45) is 1.39. The van der Waals surface area contributed by atoms with E-state index < -0.39 is 0 Å². The molecule has 0 saturated carbocycles. The zero-order valence-electron chi connectivity index (χ0n) is 7.62. The zero-order chi connectivity index (χ0) is 7.14. The van der Waals surface area contributed by atoms with E-state index in [0.29, 0.717) is 0 Å². The maximum atomic E-state index is 3.50. The van der Waals surface area contributed by atoms with E-state index in [-0.39, 0.29) is 34.0 Å². The van der Waals surface area contributed by atoms with Crippen molar-refractivity contribution in [3.63, 3.8) is 0 Å². The van der Waals surface area contributed by atoms with Crippen molar-refractivity contribution >= 4 is 34.0 Å². The summed E-state index contributed by atoms with van der Waals surface area (Å²) in [6.45, 7) is 7.09. The quantitative estimate of drug-likeness (QED) is 0.791. The Labute approximate surface area is 95.6 Å². The lowest BCUT2D eigenvalue weighted by Gasteiger charge is -2.30. The molecule has 0 aromatic carbocycles. The molecule has 0 aliphatic carbocycles. The second-order valence-electron chi connectivity index (χ2n) is 3.79. The van der Waals surface area contributed by atoms with Gasteiger partial charge in [0.15, 0.2) is 0 Å². The van der Waals surface area contributed by atoms with Gasteiger partial charge in [0.25, 0.3) is 0 Å². The summed E-state index contributed by atoms with van der Waals surface area (Å²) in [5.74, 6) is 0. The van der Waals surface area contributed by atoms with Gasteiger partial charge in [0.05, 0.1) is 0 Å². The number of fused-ring (bicyclic) bond motifs is 2. The zero-order valence-corrected chi connectivity index (χ0v) is 11.0. The van der Waals surface area contributed by atoms with Gasteiger partial charge in [0.1, 0.15) is 0 Å². The molecule has 12 heavy (non-hydrogen) atoms. The van der Waals surface area contributed by atoms with Crippen molar-refractivity contribution < 1.29 is 0 Å². The van der Waals surface area contributed by atoms with Gasteiger partial charge in [0.2, 0.25) is 0 Å². The molecule has 4 heteroatoms. The summed E-state index contributed by atoms with van der Waals surface area (Å²) in [6, 6.07) is 2.41. The Balaban J connectivity index is 0.000000605. The minimum absolute atomic E-state index is 0. The predicted octanol–water partition coefficient (Wildman–Crippen LogP) is 1.60. The molecular weight excluding hydrogens is 284 g/mol. The molecule has 2 atom stereocenters. The monoisotopic (exact) mass is 300 g/mol. The number of nitrogens with zero attached hydrogens (tertiary/aromatic N) is 1. The number of piperazine rings is 1. The van der Waals surface area contributed by atoms with Crippen LogP contribution in [0.4, 0.5) is 0 Å². The van der Waals surface area contributed by atoms with Crippen LogP contribution in [0.3, 0.4) is 0 Å². The molecule has 2 heterocycles. The van der Waals surface area contributed by atoms with Gasteiger partial charge < -0.3 is 5.32 Å². The van der Waals surface area contributed by atoms with Gasteiger partial charge in [-0.15, -0.1) is 34.0 Å². The molecule has 2 aliphatic heterocycles. The van der Waals surface area contributed by atoms with Gasteiger partial charge in [-0.25, -0.2) is 0 Å². The van der Waals surface area contributed by atoms with Gasteiger partial charge in [-0.2, -0.15) is 0 Å². The maximum Gasteiger partial charge on any atom is 0.0239 e. The number of hydrogen-bond acceptors (Lipinski definition) is 2. The van der Waals surface area contributed by atoms with Crippen molar-refractivity contribution in [1.82, 2.24) is 10.2 Å². The summed E-state index contributed by atoms with van der Waals surface area (Å²) in [5, 5.41) is 3.50. The van der Waals surface area contributed by atoms with Crippen LogP contribution in [0.25, 0.3) is 0 Å². The molecule has 2 nitrogen and oxygen atoms in total. The first-order chi connectivity index (χ1) is 4.77. The van der Waals surface area contributed by atoms with E-state index in [1.54, 1.807) is 0 Å². The Bertz CT molecular complexity index is 141. The maximum absolute atomic E-state index is 3.50. The van der Waals surface area contributed by atoms with Crippen molar-refractivity contribution in [2.24, 2.45) is 0 Å². The first-order valence-corrected chi connectivity index (χ1v) is 4.26. The van der Waals surface area contributed by atoms with Crippen LogP contribution in [0.1, 0.15) is 20.3 Å². The Morgan fingerprint density at radius 3 is 2.25 bits per heavy atom. The largest absolute Gasteiger partial charge is 0.311 e. The van der Waals surface area contributed by atoms with Crippen LogP contribution < -0.4 is 5.32 Å². The first kappa shape index (κ1) is 12.9. The standard InChI is InChI=1S/C8H16N2.2BrH/c1-6(2)10-5-7-3-8(10)4-9-7;;/h6-9H,3-5H2,1-2H3;2*1H. The number of hydrogen-bond donors (Lipinski definition) is 1. The third-order valence-corrected chi connectivity index (χ3v) is 2.76. The molecule has 2 bridgehead atoms. The molecule has 1 N–H and O–H groups in total. The van der Waals surface area contributed by atoms with Crippen LogP contribution >= 0.6 is 34.0 Å². The van der Waals surface area contributed by atoms with Gasteiger partial charge >= 0.3 is 0 Å². The lowest BCUT2D eigenvalue weighted by Crippen LogP contribution is -2.46. The molecule has 2 rings (SSSR count). The van der Waals surface area contributed by atoms with E-state index in [2.05, 4.69) is 24.1 Å². The molecule has 2 fully saturated rings. The molecule has 0 aromatic rings. The lowest BCUT2D eigenvalue weighted by atomic mass is 10.2. The van der Waals surface area contributed by atoms with Crippen LogP contribution in [0.15, 0.2) is 0 Å². The van der Waals surface area contributed by atoms with E-state index in [1.807, 2.05) is 0 Å². The molecule has 0 radical (unpaired) electrons. The van der Waals surface area contributed by atoms with E-state index >= 15 is 0 Å². The number of rotatable bonds is 1. The summed E-state index contributed by atoms with van der Waals surface area (Å²) in [5.41, 5.74) is 0. The van der Waals surface area contributed by atoms with E-state index in [0.717, 1.165) is 18.1 Å². The fourth-order valence-corrected chi connectivity index (χ4v) is 2.23. The number of halogens is 2. The minimum Gasteiger partial charge on any atom is -0.311 e. The normalized spacial score (nSPS) is 33.2. The van der Waals surface area contributed by atoms with Crippen molar-refractivity contribution in [3.8, 4) is 0 Å². The summed E-state index contributed by atoms with van der Waals surface area (Å²) >= 11 is 0. The Morgan fingerprint density at radius 2 is 2.00 bits per heavy atom. The molecule has 0 amide bonds. The van der Waals surface area contributed by atoms with Gasteiger partial charge in [-0.1, -0.05) is 0 Å². The second-order valence-corrected chi connectivity index (χ2v) is 3.79. The average Bonchev–Trinajstić information content (AvgIpc) is 2.44. The smallest absolute Gasteiger partial charge is 0.0239 e. The average molecular weight is 302 g/mol. The van der Waals surface area contributed by atoms with Gasteiger partial charge in [-0.05, 0) is 20.3 Å². The van der Waals surface area contributed by atoms with E-state index in [4.69, 9.17) is 0 Å².